The monoisotopic (exact) mass is 282 g/mol. The van der Waals surface area contributed by atoms with Crippen molar-refractivity contribution < 1.29 is 4.79 Å². The van der Waals surface area contributed by atoms with Gasteiger partial charge in [-0.05, 0) is 18.6 Å². The second kappa shape index (κ2) is 5.66. The highest BCUT2D eigenvalue weighted by Crippen LogP contribution is 2.16. The minimum atomic E-state index is -0.193. The van der Waals surface area contributed by atoms with Crippen molar-refractivity contribution >= 4 is 11.7 Å². The third kappa shape index (κ3) is 2.71. The number of imidazole rings is 1. The Balaban J connectivity index is 1.83. The lowest BCUT2D eigenvalue weighted by Gasteiger charge is -2.14. The van der Waals surface area contributed by atoms with Gasteiger partial charge in [-0.15, -0.1) is 0 Å². The number of hydrogen-bond donors (Lipinski definition) is 1. The van der Waals surface area contributed by atoms with Crippen LogP contribution in [0.25, 0.3) is 5.78 Å². The van der Waals surface area contributed by atoms with Crippen LogP contribution in [0.2, 0.25) is 0 Å². The van der Waals surface area contributed by atoms with Gasteiger partial charge in [0.2, 0.25) is 5.78 Å². The summed E-state index contributed by atoms with van der Waals surface area (Å²) in [5.74, 6) is 0.424. The van der Waals surface area contributed by atoms with Gasteiger partial charge in [0.1, 0.15) is 0 Å². The van der Waals surface area contributed by atoms with E-state index in [1.807, 2.05) is 29.8 Å². The number of amides is 1. The summed E-state index contributed by atoms with van der Waals surface area (Å²) in [4.78, 5) is 20.8. The predicted molar refractivity (Wildman–Crippen MR) is 75.5 cm³/mol. The van der Waals surface area contributed by atoms with Crippen molar-refractivity contribution in [3.05, 3.63) is 54.4 Å². The van der Waals surface area contributed by atoms with E-state index in [9.17, 15) is 4.79 Å². The van der Waals surface area contributed by atoms with E-state index in [-0.39, 0.29) is 11.9 Å². The highest BCUT2D eigenvalue weighted by atomic mass is 16.1. The van der Waals surface area contributed by atoms with E-state index in [4.69, 9.17) is 0 Å². The largest absolute Gasteiger partial charge is 0.344 e. The minimum absolute atomic E-state index is 0.174. The summed E-state index contributed by atoms with van der Waals surface area (Å²) in [6.45, 7) is 1.99. The lowest BCUT2D eigenvalue weighted by molar-refractivity contribution is 0.0934. The number of aromatic nitrogens is 5. The first-order valence-electron chi connectivity index (χ1n) is 6.65. The zero-order valence-corrected chi connectivity index (χ0v) is 11.5. The van der Waals surface area contributed by atoms with Crippen LogP contribution in [0.5, 0.6) is 0 Å². The molecule has 1 amide bonds. The Morgan fingerprint density at radius 3 is 3.00 bits per heavy atom. The molecular formula is C14H14N6O. The van der Waals surface area contributed by atoms with Crippen molar-refractivity contribution in [3.8, 4) is 0 Å². The van der Waals surface area contributed by atoms with E-state index in [2.05, 4.69) is 25.5 Å². The summed E-state index contributed by atoms with van der Waals surface area (Å²) in [6, 6.07) is 3.29. The quantitative estimate of drug-likeness (QED) is 0.781. The summed E-state index contributed by atoms with van der Waals surface area (Å²) >= 11 is 0. The molecule has 3 aromatic rings. The molecule has 0 aliphatic heterocycles. The van der Waals surface area contributed by atoms with Crippen LogP contribution in [0, 0.1) is 0 Å². The summed E-state index contributed by atoms with van der Waals surface area (Å²) in [5, 5.41) is 10.3. The Bertz CT molecular complexity index is 721. The molecule has 1 N–H and O–H groups in total. The van der Waals surface area contributed by atoms with Crippen LogP contribution in [0.1, 0.15) is 35.4 Å². The molecule has 0 aliphatic rings. The standard InChI is InChI=1S/C14H14N6O/c1-2-11(18-13(21)10-4-6-16-17-8-10)12-9-20-7-3-5-15-14(20)19-12/h3-9,11H,2H2,1H3,(H,18,21)/t11-/m1/s1. The van der Waals surface area contributed by atoms with E-state index >= 15 is 0 Å². The molecule has 106 valence electrons. The maximum absolute atomic E-state index is 12.2. The van der Waals surface area contributed by atoms with E-state index in [0.29, 0.717) is 11.3 Å². The number of carbonyl (C=O) groups is 1. The van der Waals surface area contributed by atoms with Crippen LogP contribution in [-0.4, -0.2) is 30.5 Å². The lowest BCUT2D eigenvalue weighted by atomic mass is 10.1. The van der Waals surface area contributed by atoms with Crippen molar-refractivity contribution in [1.82, 2.24) is 29.9 Å². The molecule has 0 spiro atoms. The van der Waals surface area contributed by atoms with Crippen molar-refractivity contribution in [3.63, 3.8) is 0 Å². The molecule has 0 saturated heterocycles. The topological polar surface area (TPSA) is 85.1 Å². The number of fused-ring (bicyclic) bond motifs is 1. The van der Waals surface area contributed by atoms with Crippen molar-refractivity contribution in [2.45, 2.75) is 19.4 Å². The van der Waals surface area contributed by atoms with Crippen LogP contribution in [0.15, 0.2) is 43.1 Å². The SMILES string of the molecule is CC[C@@H](NC(=O)c1ccnnc1)c1cn2cccnc2n1. The fourth-order valence-corrected chi connectivity index (χ4v) is 2.07. The van der Waals surface area contributed by atoms with Gasteiger partial charge in [0.15, 0.2) is 0 Å². The maximum Gasteiger partial charge on any atom is 0.253 e. The molecule has 0 unspecified atom stereocenters. The molecule has 7 nitrogen and oxygen atoms in total. The van der Waals surface area contributed by atoms with E-state index in [0.717, 1.165) is 12.1 Å². The first-order chi connectivity index (χ1) is 10.3. The Morgan fingerprint density at radius 1 is 1.38 bits per heavy atom. The molecule has 3 heterocycles. The van der Waals surface area contributed by atoms with Gasteiger partial charge >= 0.3 is 0 Å². The highest BCUT2D eigenvalue weighted by molar-refractivity contribution is 5.93. The van der Waals surface area contributed by atoms with E-state index < -0.39 is 0 Å². The van der Waals surface area contributed by atoms with Crippen LogP contribution in [0.4, 0.5) is 0 Å². The maximum atomic E-state index is 12.2. The number of nitrogens with zero attached hydrogens (tertiary/aromatic N) is 5. The Morgan fingerprint density at radius 2 is 2.29 bits per heavy atom. The number of hydrogen-bond acceptors (Lipinski definition) is 5. The van der Waals surface area contributed by atoms with Crippen LogP contribution < -0.4 is 5.32 Å². The molecular weight excluding hydrogens is 268 g/mol. The summed E-state index contributed by atoms with van der Waals surface area (Å²) in [6.07, 6.45) is 9.10. The minimum Gasteiger partial charge on any atom is -0.344 e. The smallest absolute Gasteiger partial charge is 0.253 e. The van der Waals surface area contributed by atoms with Crippen molar-refractivity contribution in [1.29, 1.82) is 0 Å². The molecule has 0 saturated carbocycles. The van der Waals surface area contributed by atoms with Gasteiger partial charge in [0.05, 0.1) is 29.7 Å². The number of rotatable bonds is 4. The zero-order valence-electron chi connectivity index (χ0n) is 11.5. The lowest BCUT2D eigenvalue weighted by Crippen LogP contribution is -2.28. The van der Waals surface area contributed by atoms with Crippen molar-refractivity contribution in [2.24, 2.45) is 0 Å². The second-order valence-electron chi connectivity index (χ2n) is 4.56. The number of carbonyl (C=O) groups excluding carboxylic acids is 1. The van der Waals surface area contributed by atoms with Gasteiger partial charge in [0, 0.05) is 18.6 Å². The molecule has 1 atom stereocenters. The number of nitrogens with one attached hydrogen (secondary N) is 1. The van der Waals surface area contributed by atoms with E-state index in [1.165, 1.54) is 12.4 Å². The van der Waals surface area contributed by atoms with Crippen LogP contribution in [-0.2, 0) is 0 Å². The third-order valence-corrected chi connectivity index (χ3v) is 3.17. The van der Waals surface area contributed by atoms with Gasteiger partial charge in [-0.2, -0.15) is 10.2 Å². The molecule has 0 aromatic carbocycles. The third-order valence-electron chi connectivity index (χ3n) is 3.17. The molecule has 0 bridgehead atoms. The summed E-state index contributed by atoms with van der Waals surface area (Å²) in [5.41, 5.74) is 1.26. The Kier molecular flexibility index (Phi) is 3.55. The van der Waals surface area contributed by atoms with Gasteiger partial charge in [0.25, 0.3) is 5.91 Å². The fraction of sp³-hybridized carbons (Fsp3) is 0.214. The predicted octanol–water partition coefficient (Wildman–Crippen LogP) is 1.40. The average Bonchev–Trinajstić information content (AvgIpc) is 2.97. The summed E-state index contributed by atoms with van der Waals surface area (Å²) in [7, 11) is 0. The molecule has 3 aromatic heterocycles. The van der Waals surface area contributed by atoms with Gasteiger partial charge in [-0.3, -0.25) is 9.20 Å². The molecule has 0 fully saturated rings. The Labute approximate surface area is 121 Å². The second-order valence-corrected chi connectivity index (χ2v) is 4.56. The van der Waals surface area contributed by atoms with E-state index in [1.54, 1.807) is 12.3 Å². The molecule has 7 heteroatoms. The average molecular weight is 282 g/mol. The molecule has 21 heavy (non-hydrogen) atoms. The Hall–Kier alpha value is -2.83. The first-order valence-corrected chi connectivity index (χ1v) is 6.65. The van der Waals surface area contributed by atoms with Gasteiger partial charge < -0.3 is 5.32 Å². The van der Waals surface area contributed by atoms with Gasteiger partial charge in [-0.1, -0.05) is 6.92 Å². The van der Waals surface area contributed by atoms with Crippen molar-refractivity contribution in [2.75, 3.05) is 0 Å². The van der Waals surface area contributed by atoms with Crippen LogP contribution in [0.3, 0.4) is 0 Å². The highest BCUT2D eigenvalue weighted by Gasteiger charge is 2.17. The first kappa shape index (κ1) is 13.2. The zero-order chi connectivity index (χ0) is 14.7. The molecule has 3 rings (SSSR count). The van der Waals surface area contributed by atoms with Crippen LogP contribution >= 0.6 is 0 Å². The summed E-state index contributed by atoms with van der Waals surface area (Å²) < 4.78 is 1.83. The molecule has 0 radical (unpaired) electrons. The van der Waals surface area contributed by atoms with Gasteiger partial charge in [-0.25, -0.2) is 9.97 Å². The fourth-order valence-electron chi connectivity index (χ4n) is 2.07. The normalized spacial score (nSPS) is 12.2. The molecule has 0 aliphatic carbocycles.